The van der Waals surface area contributed by atoms with Crippen molar-refractivity contribution < 1.29 is 17.2 Å². The highest BCUT2D eigenvalue weighted by molar-refractivity contribution is 7.91. The quantitative estimate of drug-likeness (QED) is 0.749. The summed E-state index contributed by atoms with van der Waals surface area (Å²) in [4.78, 5) is -1.04. The number of sulfone groups is 1. The molecule has 0 atom stereocenters. The van der Waals surface area contributed by atoms with Crippen LogP contribution >= 0.6 is 0 Å². The van der Waals surface area contributed by atoms with Gasteiger partial charge in [0.1, 0.15) is 22.3 Å². The van der Waals surface area contributed by atoms with Gasteiger partial charge in [0.15, 0.2) is 9.84 Å². The van der Waals surface area contributed by atoms with E-state index in [2.05, 4.69) is 0 Å². The van der Waals surface area contributed by atoms with Crippen molar-refractivity contribution in [2.75, 3.05) is 5.75 Å². The maximum absolute atomic E-state index is 12.9. The highest BCUT2D eigenvalue weighted by Gasteiger charge is 2.23. The van der Waals surface area contributed by atoms with Crippen LogP contribution in [0.2, 0.25) is 0 Å². The van der Waals surface area contributed by atoms with Crippen LogP contribution < -0.4 is 0 Å². The number of rotatable bonds is 2. The first-order valence-corrected chi connectivity index (χ1v) is 5.18. The van der Waals surface area contributed by atoms with E-state index in [-0.39, 0.29) is 0 Å². The Morgan fingerprint density at radius 2 is 1.79 bits per heavy atom. The maximum Gasteiger partial charge on any atom is 0.197 e. The van der Waals surface area contributed by atoms with Gasteiger partial charge in [0.25, 0.3) is 0 Å². The fraction of sp³-hybridized carbons (Fsp3) is 0.125. The molecule has 1 rings (SSSR count). The lowest BCUT2D eigenvalue weighted by Crippen LogP contribution is -2.09. The SMILES string of the molecule is N#CCS(=O)(=O)c1c(F)cccc1F. The fourth-order valence-electron chi connectivity index (χ4n) is 0.937. The van der Waals surface area contributed by atoms with E-state index in [1.54, 1.807) is 0 Å². The standard InChI is InChI=1S/C8H5F2NO2S/c9-6-2-1-3-7(10)8(6)14(12,13)5-4-11/h1-3H,5H2. The summed E-state index contributed by atoms with van der Waals surface area (Å²) in [5, 5.41) is 8.17. The van der Waals surface area contributed by atoms with Gasteiger partial charge < -0.3 is 0 Å². The van der Waals surface area contributed by atoms with Gasteiger partial charge in [-0.3, -0.25) is 0 Å². The third-order valence-corrected chi connectivity index (χ3v) is 3.01. The van der Waals surface area contributed by atoms with E-state index in [4.69, 9.17) is 5.26 Å². The number of benzene rings is 1. The highest BCUT2D eigenvalue weighted by atomic mass is 32.2. The van der Waals surface area contributed by atoms with Gasteiger partial charge in [0.05, 0.1) is 6.07 Å². The number of hydrogen-bond acceptors (Lipinski definition) is 3. The van der Waals surface area contributed by atoms with E-state index in [1.165, 1.54) is 6.07 Å². The van der Waals surface area contributed by atoms with Crippen LogP contribution in [0.25, 0.3) is 0 Å². The van der Waals surface area contributed by atoms with Crippen LogP contribution in [0.15, 0.2) is 23.1 Å². The Kier molecular flexibility index (Phi) is 2.81. The van der Waals surface area contributed by atoms with Gasteiger partial charge in [0, 0.05) is 0 Å². The second-order valence-electron chi connectivity index (χ2n) is 2.47. The van der Waals surface area contributed by atoms with Crippen LogP contribution in [0, 0.1) is 23.0 Å². The minimum Gasteiger partial charge on any atom is -0.222 e. The monoisotopic (exact) mass is 217 g/mol. The predicted molar refractivity (Wildman–Crippen MR) is 44.0 cm³/mol. The molecule has 0 saturated heterocycles. The molecule has 0 aliphatic heterocycles. The average molecular weight is 217 g/mol. The van der Waals surface area contributed by atoms with Gasteiger partial charge in [-0.2, -0.15) is 5.26 Å². The molecule has 6 heteroatoms. The van der Waals surface area contributed by atoms with Crippen molar-refractivity contribution in [3.05, 3.63) is 29.8 Å². The first-order valence-electron chi connectivity index (χ1n) is 3.53. The minimum atomic E-state index is -4.18. The lowest BCUT2D eigenvalue weighted by atomic mass is 10.3. The summed E-state index contributed by atoms with van der Waals surface area (Å²) >= 11 is 0. The molecule has 0 bridgehead atoms. The third-order valence-electron chi connectivity index (χ3n) is 1.48. The van der Waals surface area contributed by atoms with Gasteiger partial charge in [-0.1, -0.05) is 6.07 Å². The van der Waals surface area contributed by atoms with Crippen LogP contribution in [0.4, 0.5) is 8.78 Å². The van der Waals surface area contributed by atoms with Crippen LogP contribution in [0.5, 0.6) is 0 Å². The largest absolute Gasteiger partial charge is 0.222 e. The van der Waals surface area contributed by atoms with Crippen LogP contribution in [0.1, 0.15) is 0 Å². The molecular weight excluding hydrogens is 212 g/mol. The van der Waals surface area contributed by atoms with E-state index in [9.17, 15) is 17.2 Å². The van der Waals surface area contributed by atoms with Crippen molar-refractivity contribution in [1.82, 2.24) is 0 Å². The Balaban J connectivity index is 3.41. The van der Waals surface area contributed by atoms with Crippen molar-refractivity contribution in [2.24, 2.45) is 0 Å². The van der Waals surface area contributed by atoms with E-state index in [1.807, 2.05) is 0 Å². The zero-order valence-electron chi connectivity index (χ0n) is 6.87. The second kappa shape index (κ2) is 3.72. The molecule has 0 aliphatic rings. The van der Waals surface area contributed by atoms with Gasteiger partial charge in [-0.25, -0.2) is 17.2 Å². The molecule has 0 N–H and O–H groups in total. The molecule has 74 valence electrons. The van der Waals surface area contributed by atoms with Gasteiger partial charge in [-0.15, -0.1) is 0 Å². The smallest absolute Gasteiger partial charge is 0.197 e. The van der Waals surface area contributed by atoms with Crippen molar-refractivity contribution in [2.45, 2.75) is 4.90 Å². The molecule has 0 aromatic heterocycles. The first kappa shape index (κ1) is 10.6. The molecule has 1 aromatic rings. The summed E-state index contributed by atoms with van der Waals surface area (Å²) in [6.45, 7) is 0. The summed E-state index contributed by atoms with van der Waals surface area (Å²) in [7, 11) is -4.18. The molecule has 0 fully saturated rings. The lowest BCUT2D eigenvalue weighted by Gasteiger charge is -2.02. The van der Waals surface area contributed by atoms with E-state index < -0.39 is 32.1 Å². The molecule has 0 saturated carbocycles. The van der Waals surface area contributed by atoms with Crippen LogP contribution in [0.3, 0.4) is 0 Å². The summed E-state index contributed by atoms with van der Waals surface area (Å²) < 4.78 is 48.2. The van der Waals surface area contributed by atoms with Crippen molar-refractivity contribution >= 4 is 9.84 Å². The van der Waals surface area contributed by atoms with Gasteiger partial charge in [0.2, 0.25) is 0 Å². The summed E-state index contributed by atoms with van der Waals surface area (Å²) in [5.41, 5.74) is 0. The van der Waals surface area contributed by atoms with Crippen LogP contribution in [-0.4, -0.2) is 14.2 Å². The average Bonchev–Trinajstić information content (AvgIpc) is 2.02. The third kappa shape index (κ3) is 1.88. The Labute approximate surface area is 79.5 Å². The summed E-state index contributed by atoms with van der Waals surface area (Å²) in [6.07, 6.45) is 0. The number of hydrogen-bond donors (Lipinski definition) is 0. The molecule has 0 amide bonds. The zero-order chi connectivity index (χ0) is 10.8. The number of halogens is 2. The Morgan fingerprint density at radius 1 is 1.29 bits per heavy atom. The highest BCUT2D eigenvalue weighted by Crippen LogP contribution is 2.19. The molecule has 0 unspecified atom stereocenters. The van der Waals surface area contributed by atoms with Crippen molar-refractivity contribution in [1.29, 1.82) is 5.26 Å². The van der Waals surface area contributed by atoms with Gasteiger partial charge >= 0.3 is 0 Å². The molecule has 0 radical (unpaired) electrons. The fourth-order valence-corrected chi connectivity index (χ4v) is 1.98. The predicted octanol–water partition coefficient (Wildman–Crippen LogP) is 1.26. The Bertz CT molecular complexity index is 470. The Hall–Kier alpha value is -1.48. The van der Waals surface area contributed by atoms with E-state index in [0.29, 0.717) is 0 Å². The molecule has 14 heavy (non-hydrogen) atoms. The molecule has 0 aliphatic carbocycles. The Morgan fingerprint density at radius 3 is 2.21 bits per heavy atom. The second-order valence-corrected chi connectivity index (χ2v) is 4.39. The molecule has 3 nitrogen and oxygen atoms in total. The van der Waals surface area contributed by atoms with E-state index >= 15 is 0 Å². The zero-order valence-corrected chi connectivity index (χ0v) is 7.68. The summed E-state index contributed by atoms with van der Waals surface area (Å²) in [6, 6.07) is 4.04. The molecule has 1 aromatic carbocycles. The molecule has 0 spiro atoms. The lowest BCUT2D eigenvalue weighted by molar-refractivity contribution is 0.520. The maximum atomic E-state index is 12.9. The number of nitriles is 1. The van der Waals surface area contributed by atoms with Crippen molar-refractivity contribution in [3.8, 4) is 6.07 Å². The first-order chi connectivity index (χ1) is 6.49. The number of nitrogens with zero attached hydrogens (tertiary/aromatic N) is 1. The van der Waals surface area contributed by atoms with Crippen LogP contribution in [-0.2, 0) is 9.84 Å². The molecular formula is C8H5F2NO2S. The minimum absolute atomic E-state index is 0.827. The topological polar surface area (TPSA) is 57.9 Å². The summed E-state index contributed by atoms with van der Waals surface area (Å²) in [5.74, 6) is -3.30. The normalized spacial score (nSPS) is 10.9. The van der Waals surface area contributed by atoms with Crippen molar-refractivity contribution in [3.63, 3.8) is 0 Å². The van der Waals surface area contributed by atoms with Gasteiger partial charge in [-0.05, 0) is 12.1 Å². The molecule has 0 heterocycles. The van der Waals surface area contributed by atoms with E-state index in [0.717, 1.165) is 18.2 Å².